The summed E-state index contributed by atoms with van der Waals surface area (Å²) in [5, 5.41) is 121. The fourth-order valence-electron chi connectivity index (χ4n) is 13.9. The number of carbonyl (C=O) groups excluding carboxylic acids is 1. The zero-order valence-corrected chi connectivity index (χ0v) is 62.2. The SMILES string of the molecule is CCCCCCCCCCCCCCCCCCCCC/C=C/CC/C=C/CC/C=C/C(O)C(COC1OC(CO)C(OC2OC(CO)C(OC3OC(CO)C(O)C(O)C3O)C(O)C2O)C(O)C1O)NC(=O)CCCCCCCCCCCCCCCCCCCCCCCCCCC. The van der Waals surface area contributed by atoms with Crippen molar-refractivity contribution in [2.24, 2.45) is 0 Å². The average Bonchev–Trinajstić information content (AvgIpc) is 0.784. The lowest BCUT2D eigenvalue weighted by atomic mass is 9.96. The summed E-state index contributed by atoms with van der Waals surface area (Å²) < 4.78 is 34.4. The highest BCUT2D eigenvalue weighted by Crippen LogP contribution is 2.33. The molecule has 0 aromatic rings. The average molecular weight is 1410 g/mol. The van der Waals surface area contributed by atoms with E-state index in [1.54, 1.807) is 6.08 Å². The number of hydrogen-bond donors (Lipinski definition) is 12. The largest absolute Gasteiger partial charge is 0.394 e. The first-order valence-corrected chi connectivity index (χ1v) is 40.7. The van der Waals surface area contributed by atoms with E-state index in [9.17, 15) is 61.0 Å². The van der Waals surface area contributed by atoms with Crippen molar-refractivity contribution in [1.82, 2.24) is 5.32 Å². The third-order valence-corrected chi connectivity index (χ3v) is 20.4. The van der Waals surface area contributed by atoms with Gasteiger partial charge in [-0.2, -0.15) is 0 Å². The van der Waals surface area contributed by atoms with Crippen LogP contribution in [0.5, 0.6) is 0 Å². The van der Waals surface area contributed by atoms with Gasteiger partial charge in [-0.25, -0.2) is 0 Å². The van der Waals surface area contributed by atoms with E-state index in [1.807, 2.05) is 6.08 Å². The second-order valence-corrected chi connectivity index (χ2v) is 29.2. The van der Waals surface area contributed by atoms with Crippen molar-refractivity contribution in [1.29, 1.82) is 0 Å². The Labute approximate surface area is 600 Å². The molecule has 0 bridgehead atoms. The summed E-state index contributed by atoms with van der Waals surface area (Å²) in [4.78, 5) is 13.5. The van der Waals surface area contributed by atoms with Crippen molar-refractivity contribution in [3.8, 4) is 0 Å². The molecular formula is C80H149NO18. The lowest BCUT2D eigenvalue weighted by molar-refractivity contribution is -0.379. The van der Waals surface area contributed by atoms with Crippen LogP contribution in [-0.4, -0.2) is 193 Å². The molecule has 99 heavy (non-hydrogen) atoms. The van der Waals surface area contributed by atoms with Gasteiger partial charge in [0, 0.05) is 6.42 Å². The maximum absolute atomic E-state index is 13.5. The normalized spacial score (nSPS) is 26.7. The lowest BCUT2D eigenvalue weighted by Crippen LogP contribution is -2.66. The van der Waals surface area contributed by atoms with Gasteiger partial charge in [0.15, 0.2) is 18.9 Å². The lowest BCUT2D eigenvalue weighted by Gasteiger charge is -2.48. The first-order chi connectivity index (χ1) is 48.3. The zero-order chi connectivity index (χ0) is 71.8. The van der Waals surface area contributed by atoms with E-state index in [-0.39, 0.29) is 18.9 Å². The molecular weight excluding hydrogens is 1260 g/mol. The van der Waals surface area contributed by atoms with E-state index < -0.39 is 124 Å². The number of aliphatic hydroxyl groups is 11. The molecule has 0 spiro atoms. The third-order valence-electron chi connectivity index (χ3n) is 20.4. The number of rotatable bonds is 65. The molecule has 17 unspecified atom stereocenters. The second-order valence-electron chi connectivity index (χ2n) is 29.2. The van der Waals surface area contributed by atoms with Crippen molar-refractivity contribution in [3.05, 3.63) is 36.5 Å². The molecule has 0 radical (unpaired) electrons. The molecule has 0 aromatic carbocycles. The van der Waals surface area contributed by atoms with Gasteiger partial charge in [-0.1, -0.05) is 320 Å². The van der Waals surface area contributed by atoms with Crippen LogP contribution in [0.25, 0.3) is 0 Å². The van der Waals surface area contributed by atoms with Crippen LogP contribution in [0, 0.1) is 0 Å². The number of ether oxygens (including phenoxy) is 6. The number of nitrogens with one attached hydrogen (secondary N) is 1. The van der Waals surface area contributed by atoms with Crippen LogP contribution in [0.15, 0.2) is 36.5 Å². The molecule has 3 rings (SSSR count). The summed E-state index contributed by atoms with van der Waals surface area (Å²) in [5.41, 5.74) is 0. The molecule has 3 saturated heterocycles. The highest BCUT2D eigenvalue weighted by molar-refractivity contribution is 5.76. The fraction of sp³-hybridized carbons (Fsp3) is 0.912. The minimum atomic E-state index is -1.98. The molecule has 3 aliphatic heterocycles. The van der Waals surface area contributed by atoms with Gasteiger partial charge in [0.05, 0.1) is 38.6 Å². The van der Waals surface area contributed by atoms with Crippen molar-refractivity contribution in [3.63, 3.8) is 0 Å². The first kappa shape index (κ1) is 91.2. The molecule has 582 valence electrons. The van der Waals surface area contributed by atoms with Crippen LogP contribution < -0.4 is 5.32 Å². The van der Waals surface area contributed by atoms with E-state index in [2.05, 4.69) is 43.5 Å². The van der Waals surface area contributed by atoms with Crippen molar-refractivity contribution in [2.45, 2.75) is 439 Å². The number of amides is 1. The molecule has 3 fully saturated rings. The van der Waals surface area contributed by atoms with Crippen molar-refractivity contribution >= 4 is 5.91 Å². The van der Waals surface area contributed by atoms with Crippen LogP contribution in [0.3, 0.4) is 0 Å². The summed E-state index contributed by atoms with van der Waals surface area (Å²) in [6.45, 7) is 1.77. The van der Waals surface area contributed by atoms with Crippen LogP contribution in [-0.2, 0) is 33.2 Å². The van der Waals surface area contributed by atoms with Gasteiger partial charge in [0.25, 0.3) is 0 Å². The Hall–Kier alpha value is -1.99. The molecule has 17 atom stereocenters. The molecule has 0 aromatic heterocycles. The molecule has 19 heteroatoms. The fourth-order valence-corrected chi connectivity index (χ4v) is 13.9. The predicted octanol–water partition coefficient (Wildman–Crippen LogP) is 13.5. The predicted molar refractivity (Wildman–Crippen MR) is 393 cm³/mol. The number of aliphatic hydroxyl groups excluding tert-OH is 11. The van der Waals surface area contributed by atoms with E-state index >= 15 is 0 Å². The summed E-state index contributed by atoms with van der Waals surface area (Å²) in [6, 6.07) is -0.996. The number of carbonyl (C=O) groups is 1. The van der Waals surface area contributed by atoms with Crippen LogP contribution in [0.4, 0.5) is 0 Å². The first-order valence-electron chi connectivity index (χ1n) is 40.7. The van der Waals surface area contributed by atoms with Gasteiger partial charge in [0.1, 0.15) is 73.2 Å². The Morgan fingerprint density at radius 3 is 1.01 bits per heavy atom. The zero-order valence-electron chi connectivity index (χ0n) is 62.2. The highest BCUT2D eigenvalue weighted by Gasteiger charge is 2.54. The smallest absolute Gasteiger partial charge is 0.220 e. The Morgan fingerprint density at radius 1 is 0.354 bits per heavy atom. The molecule has 0 aliphatic carbocycles. The minimum absolute atomic E-state index is 0.236. The molecule has 3 aliphatic rings. The summed E-state index contributed by atoms with van der Waals surface area (Å²) >= 11 is 0. The van der Waals surface area contributed by atoms with Gasteiger partial charge in [0.2, 0.25) is 5.91 Å². The Bertz CT molecular complexity index is 1930. The van der Waals surface area contributed by atoms with Gasteiger partial charge >= 0.3 is 0 Å². The molecule has 0 saturated carbocycles. The van der Waals surface area contributed by atoms with Crippen LogP contribution in [0.2, 0.25) is 0 Å². The molecule has 1 amide bonds. The van der Waals surface area contributed by atoms with Gasteiger partial charge in [-0.3, -0.25) is 4.79 Å². The van der Waals surface area contributed by atoms with E-state index in [0.29, 0.717) is 12.8 Å². The Kier molecular flexibility index (Phi) is 56.4. The number of unbranched alkanes of at least 4 members (excludes halogenated alkanes) is 45. The maximum atomic E-state index is 13.5. The van der Waals surface area contributed by atoms with E-state index in [4.69, 9.17) is 28.4 Å². The van der Waals surface area contributed by atoms with Gasteiger partial charge < -0.3 is 89.9 Å². The summed E-state index contributed by atoms with van der Waals surface area (Å²) in [7, 11) is 0. The monoisotopic (exact) mass is 1410 g/mol. The molecule has 19 nitrogen and oxygen atoms in total. The summed E-state index contributed by atoms with van der Waals surface area (Å²) in [5.74, 6) is -0.283. The van der Waals surface area contributed by atoms with Crippen molar-refractivity contribution in [2.75, 3.05) is 26.4 Å². The maximum Gasteiger partial charge on any atom is 0.220 e. The van der Waals surface area contributed by atoms with Gasteiger partial charge in [-0.05, 0) is 44.9 Å². The van der Waals surface area contributed by atoms with Crippen LogP contribution >= 0.6 is 0 Å². The quantitative estimate of drug-likeness (QED) is 0.0199. The topological polar surface area (TPSA) is 307 Å². The van der Waals surface area contributed by atoms with Crippen molar-refractivity contribution < 1.29 is 89.4 Å². The van der Waals surface area contributed by atoms with Gasteiger partial charge in [-0.15, -0.1) is 0 Å². The third kappa shape index (κ3) is 41.5. The molecule has 12 N–H and O–H groups in total. The highest BCUT2D eigenvalue weighted by atomic mass is 16.8. The Balaban J connectivity index is 1.39. The number of allylic oxidation sites excluding steroid dienone is 5. The molecule has 3 heterocycles. The Morgan fingerprint density at radius 2 is 0.646 bits per heavy atom. The second kappa shape index (κ2) is 61.2. The summed E-state index contributed by atoms with van der Waals surface area (Å²) in [6.07, 6.45) is 48.6. The van der Waals surface area contributed by atoms with E-state index in [1.165, 1.54) is 257 Å². The van der Waals surface area contributed by atoms with Crippen LogP contribution in [0.1, 0.15) is 335 Å². The minimum Gasteiger partial charge on any atom is -0.394 e. The number of hydrogen-bond acceptors (Lipinski definition) is 18. The van der Waals surface area contributed by atoms with E-state index in [0.717, 1.165) is 44.9 Å². The standard InChI is InChI=1S/C80H149NO18/c1-3-5-7-9-11-13-15-17-19-21-23-25-27-29-30-31-32-34-35-37-39-41-43-45-47-49-51-53-55-57-64(85)63(81-68(86)58-56-54-52-50-48-46-44-42-40-38-36-33-28-26-24-22-20-18-16-14-12-10-8-6-4-2)62-94-78-74(92)71(89)76(66(60-83)96-78)99-80-75(93)72(90)77(67(61-84)97-80)98-79-73(91)70(88)69(87)65(59-82)95-79/h39,41,47,49,55,57,63-67,69-80,82-85,87-93H,3-38,40,42-46,48,50-54,56,58-62H2,1-2H3,(H,81,86)/b41-39+,49-47+,57-55+.